The molecule has 0 saturated carbocycles. The van der Waals surface area contributed by atoms with Crippen LogP contribution in [0.5, 0.6) is 0 Å². The minimum Gasteiger partial charge on any atom is -0.370 e. The highest BCUT2D eigenvalue weighted by atomic mass is 35.5. The lowest BCUT2D eigenvalue weighted by molar-refractivity contribution is 0.102. The maximum Gasteiger partial charge on any atom is 0.257 e. The van der Waals surface area contributed by atoms with Crippen molar-refractivity contribution in [1.29, 1.82) is 0 Å². The molecule has 3 rings (SSSR count). The third-order valence-electron chi connectivity index (χ3n) is 3.78. The average Bonchev–Trinajstić information content (AvgIpc) is 2.66. The van der Waals surface area contributed by atoms with Crippen molar-refractivity contribution in [2.45, 2.75) is 6.42 Å². The number of rotatable bonds is 6. The van der Waals surface area contributed by atoms with Crippen LogP contribution in [-0.4, -0.2) is 17.4 Å². The molecule has 0 spiro atoms. The molecule has 1 heterocycles. The second-order valence-corrected chi connectivity index (χ2v) is 6.11. The number of hydrogen-bond donors (Lipinski definition) is 2. The van der Waals surface area contributed by atoms with E-state index in [9.17, 15) is 9.18 Å². The Bertz CT molecular complexity index is 882. The molecule has 0 saturated heterocycles. The summed E-state index contributed by atoms with van der Waals surface area (Å²) in [5, 5.41) is 6.44. The van der Waals surface area contributed by atoms with Crippen LogP contribution in [-0.2, 0) is 6.42 Å². The quantitative estimate of drug-likeness (QED) is 0.657. The predicted molar refractivity (Wildman–Crippen MR) is 102 cm³/mol. The lowest BCUT2D eigenvalue weighted by Gasteiger charge is -2.08. The number of pyridine rings is 1. The highest BCUT2D eigenvalue weighted by Crippen LogP contribution is 2.15. The van der Waals surface area contributed by atoms with Gasteiger partial charge in [0, 0.05) is 17.8 Å². The number of carbonyl (C=O) groups excluding carboxylic acids is 1. The molecule has 6 heteroatoms. The van der Waals surface area contributed by atoms with Gasteiger partial charge in [0.25, 0.3) is 5.91 Å². The summed E-state index contributed by atoms with van der Waals surface area (Å²) in [6.07, 6.45) is 2.29. The molecule has 0 unspecified atom stereocenters. The number of para-hydroxylation sites is 1. The van der Waals surface area contributed by atoms with E-state index in [1.165, 1.54) is 23.9 Å². The van der Waals surface area contributed by atoms with Gasteiger partial charge in [0.1, 0.15) is 11.6 Å². The Morgan fingerprint density at radius 2 is 1.81 bits per heavy atom. The summed E-state index contributed by atoms with van der Waals surface area (Å²) in [6.45, 7) is 0.704. The molecule has 4 nitrogen and oxygen atoms in total. The van der Waals surface area contributed by atoms with Gasteiger partial charge in [-0.05, 0) is 48.4 Å². The second kappa shape index (κ2) is 8.45. The van der Waals surface area contributed by atoms with Crippen molar-refractivity contribution in [1.82, 2.24) is 4.98 Å². The van der Waals surface area contributed by atoms with Crippen molar-refractivity contribution in [2.24, 2.45) is 0 Å². The van der Waals surface area contributed by atoms with E-state index in [2.05, 4.69) is 15.6 Å². The Morgan fingerprint density at radius 1 is 1.04 bits per heavy atom. The molecular weight excluding hydrogens is 353 g/mol. The highest BCUT2D eigenvalue weighted by molar-refractivity contribution is 6.30. The number of amides is 1. The first kappa shape index (κ1) is 17.9. The lowest BCUT2D eigenvalue weighted by atomic mass is 10.1. The standard InChI is InChI=1S/C20H17ClFN3O/c21-16-8-5-14(6-9-16)11-12-23-19-10-7-15(13-24-19)20(26)25-18-4-2-1-3-17(18)22/h1-10,13H,11-12H2,(H,23,24)(H,25,26). The van der Waals surface area contributed by atoms with Crippen LogP contribution in [0.3, 0.4) is 0 Å². The molecule has 2 N–H and O–H groups in total. The van der Waals surface area contributed by atoms with Crippen molar-refractivity contribution in [3.05, 3.63) is 88.8 Å². The van der Waals surface area contributed by atoms with Gasteiger partial charge in [-0.3, -0.25) is 4.79 Å². The number of carbonyl (C=O) groups is 1. The first-order valence-corrected chi connectivity index (χ1v) is 8.50. The lowest BCUT2D eigenvalue weighted by Crippen LogP contribution is -2.13. The van der Waals surface area contributed by atoms with Crippen LogP contribution >= 0.6 is 11.6 Å². The highest BCUT2D eigenvalue weighted by Gasteiger charge is 2.09. The Hall–Kier alpha value is -2.92. The predicted octanol–water partition coefficient (Wildman–Crippen LogP) is 4.78. The molecule has 26 heavy (non-hydrogen) atoms. The van der Waals surface area contributed by atoms with Gasteiger partial charge >= 0.3 is 0 Å². The van der Waals surface area contributed by atoms with Crippen LogP contribution < -0.4 is 10.6 Å². The second-order valence-electron chi connectivity index (χ2n) is 5.67. The zero-order chi connectivity index (χ0) is 18.4. The Labute approximate surface area is 156 Å². The fraction of sp³-hybridized carbons (Fsp3) is 0.100. The summed E-state index contributed by atoms with van der Waals surface area (Å²) in [6, 6.07) is 17.1. The molecule has 1 amide bonds. The fourth-order valence-corrected chi connectivity index (χ4v) is 2.50. The maximum atomic E-state index is 13.6. The smallest absolute Gasteiger partial charge is 0.257 e. The van der Waals surface area contributed by atoms with E-state index in [4.69, 9.17) is 11.6 Å². The van der Waals surface area contributed by atoms with Gasteiger partial charge in [0.15, 0.2) is 0 Å². The molecule has 0 aliphatic rings. The van der Waals surface area contributed by atoms with E-state index >= 15 is 0 Å². The van der Waals surface area contributed by atoms with Crippen LogP contribution in [0.15, 0.2) is 66.9 Å². The number of anilines is 2. The number of nitrogens with zero attached hydrogens (tertiary/aromatic N) is 1. The van der Waals surface area contributed by atoms with Crippen molar-refractivity contribution in [3.8, 4) is 0 Å². The van der Waals surface area contributed by atoms with E-state index in [0.29, 0.717) is 22.9 Å². The molecule has 2 aromatic carbocycles. The minimum atomic E-state index is -0.478. The molecule has 3 aromatic rings. The zero-order valence-corrected chi connectivity index (χ0v) is 14.6. The molecule has 132 valence electrons. The van der Waals surface area contributed by atoms with E-state index < -0.39 is 11.7 Å². The molecular formula is C20H17ClFN3O. The van der Waals surface area contributed by atoms with Gasteiger partial charge in [0.2, 0.25) is 0 Å². The van der Waals surface area contributed by atoms with Crippen molar-refractivity contribution in [2.75, 3.05) is 17.2 Å². The average molecular weight is 370 g/mol. The maximum absolute atomic E-state index is 13.6. The van der Waals surface area contributed by atoms with E-state index in [0.717, 1.165) is 6.42 Å². The Kier molecular flexibility index (Phi) is 5.81. The minimum absolute atomic E-state index is 0.141. The molecule has 0 bridgehead atoms. The van der Waals surface area contributed by atoms with E-state index in [-0.39, 0.29) is 5.69 Å². The first-order chi connectivity index (χ1) is 12.6. The number of nitrogens with one attached hydrogen (secondary N) is 2. The van der Waals surface area contributed by atoms with Crippen LogP contribution in [0.1, 0.15) is 15.9 Å². The molecule has 0 radical (unpaired) electrons. The topological polar surface area (TPSA) is 54.0 Å². The summed E-state index contributed by atoms with van der Waals surface area (Å²) < 4.78 is 13.6. The van der Waals surface area contributed by atoms with Crippen molar-refractivity contribution in [3.63, 3.8) is 0 Å². The molecule has 0 atom stereocenters. The molecule has 1 aromatic heterocycles. The summed E-state index contributed by atoms with van der Waals surface area (Å²) in [5.74, 6) is -0.217. The third-order valence-corrected chi connectivity index (χ3v) is 4.03. The van der Waals surface area contributed by atoms with Crippen molar-refractivity contribution < 1.29 is 9.18 Å². The summed E-state index contributed by atoms with van der Waals surface area (Å²) in [5.41, 5.74) is 1.67. The zero-order valence-electron chi connectivity index (χ0n) is 13.9. The number of halogens is 2. The van der Waals surface area contributed by atoms with E-state index in [1.807, 2.05) is 24.3 Å². The number of hydrogen-bond acceptors (Lipinski definition) is 3. The molecule has 0 aliphatic heterocycles. The number of benzene rings is 2. The van der Waals surface area contributed by atoms with Crippen LogP contribution in [0, 0.1) is 5.82 Å². The summed E-state index contributed by atoms with van der Waals surface area (Å²) in [4.78, 5) is 16.4. The monoisotopic (exact) mass is 369 g/mol. The van der Waals surface area contributed by atoms with Gasteiger partial charge in [0.05, 0.1) is 11.3 Å². The Morgan fingerprint density at radius 3 is 2.50 bits per heavy atom. The number of aromatic nitrogens is 1. The SMILES string of the molecule is O=C(Nc1ccccc1F)c1ccc(NCCc2ccc(Cl)cc2)nc1. The largest absolute Gasteiger partial charge is 0.370 e. The van der Waals surface area contributed by atoms with Gasteiger partial charge in [-0.25, -0.2) is 9.37 Å². The molecule has 0 fully saturated rings. The van der Waals surface area contributed by atoms with Crippen LogP contribution in [0.2, 0.25) is 5.02 Å². The third kappa shape index (κ3) is 4.80. The van der Waals surface area contributed by atoms with Gasteiger partial charge < -0.3 is 10.6 Å². The van der Waals surface area contributed by atoms with Crippen LogP contribution in [0.25, 0.3) is 0 Å². The summed E-state index contributed by atoms with van der Waals surface area (Å²) >= 11 is 5.86. The molecule has 0 aliphatic carbocycles. The normalized spacial score (nSPS) is 10.4. The van der Waals surface area contributed by atoms with Crippen molar-refractivity contribution >= 4 is 29.0 Å². The fourth-order valence-electron chi connectivity index (χ4n) is 2.38. The summed E-state index contributed by atoms with van der Waals surface area (Å²) in [7, 11) is 0. The van der Waals surface area contributed by atoms with Gasteiger partial charge in [-0.15, -0.1) is 0 Å². The first-order valence-electron chi connectivity index (χ1n) is 8.12. The Balaban J connectivity index is 1.53. The van der Waals surface area contributed by atoms with Crippen LogP contribution in [0.4, 0.5) is 15.9 Å². The van der Waals surface area contributed by atoms with Gasteiger partial charge in [-0.1, -0.05) is 35.9 Å². The van der Waals surface area contributed by atoms with Gasteiger partial charge in [-0.2, -0.15) is 0 Å². The van der Waals surface area contributed by atoms with E-state index in [1.54, 1.807) is 24.3 Å².